The molecule has 4 aromatic rings. The minimum Gasteiger partial charge on any atom is -0.497 e. The summed E-state index contributed by atoms with van der Waals surface area (Å²) < 4.78 is 12.4. The van der Waals surface area contributed by atoms with Crippen LogP contribution in [0.2, 0.25) is 10.0 Å². The van der Waals surface area contributed by atoms with E-state index in [1.165, 1.54) is 18.9 Å². The number of hydrogen-bond donors (Lipinski definition) is 1. The highest BCUT2D eigenvalue weighted by Gasteiger charge is 2.19. The Bertz CT molecular complexity index is 1330. The molecule has 0 unspecified atom stereocenters. The first-order chi connectivity index (χ1) is 17.0. The molecule has 3 aromatic carbocycles. The fraction of sp³-hybridized carbons (Fsp3) is 0.160. The minimum absolute atomic E-state index is 0.117. The van der Waals surface area contributed by atoms with Crippen molar-refractivity contribution in [3.05, 3.63) is 93.7 Å². The fourth-order valence-corrected chi connectivity index (χ4v) is 4.79. The van der Waals surface area contributed by atoms with Crippen molar-refractivity contribution in [1.82, 2.24) is 20.1 Å². The minimum atomic E-state index is -0.320. The Morgan fingerprint density at radius 2 is 1.80 bits per heavy atom. The molecule has 10 heteroatoms. The highest BCUT2D eigenvalue weighted by Crippen LogP contribution is 2.31. The molecule has 0 fully saturated rings. The number of nitrogens with zero attached hydrogens (tertiary/aromatic N) is 3. The van der Waals surface area contributed by atoms with Crippen molar-refractivity contribution >= 4 is 40.9 Å². The molecule has 0 bridgehead atoms. The highest BCUT2D eigenvalue weighted by molar-refractivity contribution is 7.98. The second kappa shape index (κ2) is 11.5. The number of carbonyl (C=O) groups excluding carboxylic acids is 1. The number of methoxy groups -OCH3 is 2. The Kier molecular flexibility index (Phi) is 8.17. The van der Waals surface area contributed by atoms with Gasteiger partial charge in [-0.15, -0.1) is 10.2 Å². The van der Waals surface area contributed by atoms with Gasteiger partial charge in [-0.05, 0) is 35.9 Å². The first-order valence-electron chi connectivity index (χ1n) is 10.6. The van der Waals surface area contributed by atoms with E-state index in [0.717, 1.165) is 5.56 Å². The van der Waals surface area contributed by atoms with Gasteiger partial charge in [0.25, 0.3) is 5.91 Å². The number of carbonyl (C=O) groups is 1. The third-order valence-electron chi connectivity index (χ3n) is 5.12. The maximum Gasteiger partial charge on any atom is 0.255 e. The number of aromatic nitrogens is 3. The molecule has 0 saturated carbocycles. The van der Waals surface area contributed by atoms with Gasteiger partial charge in [-0.25, -0.2) is 0 Å². The summed E-state index contributed by atoms with van der Waals surface area (Å²) in [7, 11) is 3.05. The smallest absolute Gasteiger partial charge is 0.255 e. The molecule has 1 amide bonds. The van der Waals surface area contributed by atoms with Crippen LogP contribution in [0.1, 0.15) is 21.7 Å². The van der Waals surface area contributed by atoms with Crippen LogP contribution in [0.3, 0.4) is 0 Å². The molecule has 0 spiro atoms. The number of hydrogen-bond acceptors (Lipinski definition) is 6. The van der Waals surface area contributed by atoms with Gasteiger partial charge < -0.3 is 14.8 Å². The van der Waals surface area contributed by atoms with Crippen LogP contribution < -0.4 is 14.8 Å². The maximum absolute atomic E-state index is 12.9. The molecule has 0 saturated heterocycles. The van der Waals surface area contributed by atoms with Gasteiger partial charge in [-0.2, -0.15) is 0 Å². The molecule has 1 heterocycles. The molecule has 0 aliphatic heterocycles. The van der Waals surface area contributed by atoms with E-state index in [1.807, 2.05) is 34.9 Å². The molecule has 180 valence electrons. The molecule has 0 atom stereocenters. The van der Waals surface area contributed by atoms with Crippen molar-refractivity contribution < 1.29 is 14.3 Å². The van der Waals surface area contributed by atoms with Gasteiger partial charge in [0.2, 0.25) is 0 Å². The van der Waals surface area contributed by atoms with E-state index >= 15 is 0 Å². The van der Waals surface area contributed by atoms with Crippen LogP contribution in [0.5, 0.6) is 11.5 Å². The first kappa shape index (κ1) is 24.9. The Hall–Kier alpha value is -3.20. The highest BCUT2D eigenvalue weighted by atomic mass is 35.5. The molecule has 7 nitrogen and oxygen atoms in total. The van der Waals surface area contributed by atoms with Gasteiger partial charge in [0.1, 0.15) is 11.5 Å². The molecule has 1 N–H and O–H groups in total. The molecule has 4 rings (SSSR count). The van der Waals surface area contributed by atoms with Gasteiger partial charge in [-0.1, -0.05) is 65.3 Å². The van der Waals surface area contributed by atoms with Crippen molar-refractivity contribution in [2.75, 3.05) is 14.2 Å². The lowest BCUT2D eigenvalue weighted by atomic mass is 10.1. The van der Waals surface area contributed by atoms with E-state index in [0.29, 0.717) is 49.5 Å². The molecule has 0 aliphatic carbocycles. The number of amides is 1. The number of nitrogens with one attached hydrogen (secondary N) is 1. The van der Waals surface area contributed by atoms with Crippen molar-refractivity contribution in [3.8, 4) is 17.2 Å². The van der Waals surface area contributed by atoms with Crippen molar-refractivity contribution in [1.29, 1.82) is 0 Å². The number of thioether (sulfide) groups is 1. The Morgan fingerprint density at radius 1 is 1.00 bits per heavy atom. The van der Waals surface area contributed by atoms with Crippen LogP contribution in [-0.4, -0.2) is 34.9 Å². The number of benzene rings is 3. The summed E-state index contributed by atoms with van der Waals surface area (Å²) in [4.78, 5) is 12.9. The predicted octanol–water partition coefficient (Wildman–Crippen LogP) is 5.81. The lowest BCUT2D eigenvalue weighted by molar-refractivity contribution is 0.0946. The van der Waals surface area contributed by atoms with E-state index in [4.69, 9.17) is 32.7 Å². The van der Waals surface area contributed by atoms with Crippen LogP contribution >= 0.6 is 35.0 Å². The first-order valence-corrected chi connectivity index (χ1v) is 12.3. The van der Waals surface area contributed by atoms with E-state index in [9.17, 15) is 4.79 Å². The molecule has 35 heavy (non-hydrogen) atoms. The van der Waals surface area contributed by atoms with E-state index in [-0.39, 0.29) is 12.5 Å². The van der Waals surface area contributed by atoms with Crippen LogP contribution in [0.4, 0.5) is 0 Å². The maximum atomic E-state index is 12.9. The quantitative estimate of drug-likeness (QED) is 0.276. The Balaban J connectivity index is 1.60. The second-order valence-electron chi connectivity index (χ2n) is 7.35. The summed E-state index contributed by atoms with van der Waals surface area (Å²) in [5.41, 5.74) is 2.20. The second-order valence-corrected chi connectivity index (χ2v) is 9.14. The summed E-state index contributed by atoms with van der Waals surface area (Å²) in [5.74, 6) is 1.89. The molecule has 0 radical (unpaired) electrons. The van der Waals surface area contributed by atoms with Crippen LogP contribution in [0, 0.1) is 0 Å². The summed E-state index contributed by atoms with van der Waals surface area (Å²) in [5, 5.41) is 13.2. The Morgan fingerprint density at radius 3 is 2.51 bits per heavy atom. The topological polar surface area (TPSA) is 78.3 Å². The summed E-state index contributed by atoms with van der Waals surface area (Å²) in [6.45, 7) is 0.117. The van der Waals surface area contributed by atoms with Crippen LogP contribution in [0.25, 0.3) is 5.69 Å². The van der Waals surface area contributed by atoms with E-state index in [2.05, 4.69) is 15.5 Å². The standard InChI is InChI=1S/C25H22Cl2N4O3S/c1-33-18-9-10-19(22(13-18)34-2)24(32)28-14-23-29-30-25(35-15-16-6-4-3-5-7-16)31(23)21-11-8-17(26)12-20(21)27/h3-13H,14-15H2,1-2H3,(H,28,32). The number of rotatable bonds is 9. The zero-order valence-electron chi connectivity index (χ0n) is 19.0. The van der Waals surface area contributed by atoms with Gasteiger partial charge in [0.05, 0.1) is 37.0 Å². The third kappa shape index (κ3) is 5.90. The van der Waals surface area contributed by atoms with Gasteiger partial charge >= 0.3 is 0 Å². The molecule has 0 aliphatic rings. The summed E-state index contributed by atoms with van der Waals surface area (Å²) >= 11 is 14.2. The normalized spacial score (nSPS) is 10.7. The lowest BCUT2D eigenvalue weighted by Gasteiger charge is -2.14. The molecule has 1 aromatic heterocycles. The number of ether oxygens (including phenoxy) is 2. The van der Waals surface area contributed by atoms with E-state index in [1.54, 1.807) is 43.5 Å². The van der Waals surface area contributed by atoms with Crippen molar-refractivity contribution in [3.63, 3.8) is 0 Å². The van der Waals surface area contributed by atoms with Gasteiger partial charge in [0, 0.05) is 16.8 Å². The average Bonchev–Trinajstić information content (AvgIpc) is 3.28. The van der Waals surface area contributed by atoms with Crippen LogP contribution in [-0.2, 0) is 12.3 Å². The predicted molar refractivity (Wildman–Crippen MR) is 138 cm³/mol. The zero-order valence-corrected chi connectivity index (χ0v) is 21.3. The molecular weight excluding hydrogens is 507 g/mol. The lowest BCUT2D eigenvalue weighted by Crippen LogP contribution is -2.25. The largest absolute Gasteiger partial charge is 0.497 e. The summed E-state index contributed by atoms with van der Waals surface area (Å²) in [6, 6.07) is 20.3. The van der Waals surface area contributed by atoms with Crippen molar-refractivity contribution in [2.45, 2.75) is 17.5 Å². The zero-order chi connectivity index (χ0) is 24.8. The molecular formula is C25H22Cl2N4O3S. The monoisotopic (exact) mass is 528 g/mol. The average molecular weight is 529 g/mol. The van der Waals surface area contributed by atoms with Crippen LogP contribution in [0.15, 0.2) is 71.9 Å². The van der Waals surface area contributed by atoms with Gasteiger partial charge in [-0.3, -0.25) is 9.36 Å². The van der Waals surface area contributed by atoms with Gasteiger partial charge in [0.15, 0.2) is 11.0 Å². The Labute approximate surface area is 217 Å². The van der Waals surface area contributed by atoms with E-state index < -0.39 is 0 Å². The SMILES string of the molecule is COc1ccc(C(=O)NCc2nnc(SCc3ccccc3)n2-c2ccc(Cl)cc2Cl)c(OC)c1. The third-order valence-corrected chi connectivity index (χ3v) is 6.66. The summed E-state index contributed by atoms with van der Waals surface area (Å²) in [6.07, 6.45) is 0. The number of halogens is 2. The van der Waals surface area contributed by atoms with Crippen molar-refractivity contribution in [2.24, 2.45) is 0 Å². The fourth-order valence-electron chi connectivity index (χ4n) is 3.38.